The highest BCUT2D eigenvalue weighted by atomic mass is 35.5. The molecule has 0 aliphatic heterocycles. The SMILES string of the molecule is CC[C@H](C(=O)Nc1nn(Cc2cn(CC)nc2C)cc1Cl)n1nc(C(F)(F)F)c2c1CCC2. The van der Waals surface area contributed by atoms with E-state index in [9.17, 15) is 18.0 Å². The van der Waals surface area contributed by atoms with Crippen molar-refractivity contribution in [2.24, 2.45) is 0 Å². The topological polar surface area (TPSA) is 82.6 Å². The molecule has 178 valence electrons. The fourth-order valence-corrected chi connectivity index (χ4v) is 4.43. The Bertz CT molecular complexity index is 1180. The van der Waals surface area contributed by atoms with Gasteiger partial charge < -0.3 is 5.32 Å². The summed E-state index contributed by atoms with van der Waals surface area (Å²) in [4.78, 5) is 13.0. The van der Waals surface area contributed by atoms with Crippen LogP contribution in [0.4, 0.5) is 19.0 Å². The number of nitrogens with one attached hydrogen (secondary N) is 1. The van der Waals surface area contributed by atoms with Crippen LogP contribution in [0.25, 0.3) is 0 Å². The zero-order valence-corrected chi connectivity index (χ0v) is 19.3. The molecule has 0 aromatic carbocycles. The lowest BCUT2D eigenvalue weighted by molar-refractivity contribution is -0.142. The Morgan fingerprint density at radius 1 is 1.18 bits per heavy atom. The zero-order chi connectivity index (χ0) is 23.9. The summed E-state index contributed by atoms with van der Waals surface area (Å²) in [6.45, 7) is 6.78. The molecule has 0 saturated heterocycles. The van der Waals surface area contributed by atoms with E-state index in [4.69, 9.17) is 11.6 Å². The molecule has 12 heteroatoms. The van der Waals surface area contributed by atoms with Crippen LogP contribution >= 0.6 is 11.6 Å². The normalized spacial score (nSPS) is 14.5. The van der Waals surface area contributed by atoms with Crippen molar-refractivity contribution in [1.82, 2.24) is 29.3 Å². The molecule has 8 nitrogen and oxygen atoms in total. The van der Waals surface area contributed by atoms with Crippen LogP contribution in [0, 0.1) is 6.92 Å². The molecule has 0 radical (unpaired) electrons. The van der Waals surface area contributed by atoms with E-state index in [1.54, 1.807) is 17.8 Å². The quantitative estimate of drug-likeness (QED) is 0.540. The summed E-state index contributed by atoms with van der Waals surface area (Å²) in [7, 11) is 0. The maximum atomic E-state index is 13.4. The van der Waals surface area contributed by atoms with Crippen molar-refractivity contribution < 1.29 is 18.0 Å². The van der Waals surface area contributed by atoms with E-state index in [1.807, 2.05) is 24.7 Å². The first kappa shape index (κ1) is 23.3. The largest absolute Gasteiger partial charge is 0.435 e. The van der Waals surface area contributed by atoms with E-state index in [-0.39, 0.29) is 22.8 Å². The van der Waals surface area contributed by atoms with Crippen LogP contribution in [-0.4, -0.2) is 35.2 Å². The van der Waals surface area contributed by atoms with E-state index in [1.165, 1.54) is 4.68 Å². The lowest BCUT2D eigenvalue weighted by Gasteiger charge is -2.17. The Morgan fingerprint density at radius 2 is 1.94 bits per heavy atom. The van der Waals surface area contributed by atoms with Crippen molar-refractivity contribution in [2.75, 3.05) is 5.32 Å². The van der Waals surface area contributed by atoms with Crippen LogP contribution in [0.15, 0.2) is 12.4 Å². The number of fused-ring (bicyclic) bond motifs is 1. The Hall–Kier alpha value is -2.82. The average Bonchev–Trinajstić information content (AvgIpc) is 3.49. The lowest BCUT2D eigenvalue weighted by Crippen LogP contribution is -2.28. The van der Waals surface area contributed by atoms with Crippen molar-refractivity contribution >= 4 is 23.3 Å². The molecule has 1 aliphatic carbocycles. The number of amides is 1. The van der Waals surface area contributed by atoms with Crippen LogP contribution in [0.2, 0.25) is 5.02 Å². The van der Waals surface area contributed by atoms with Crippen LogP contribution in [0.5, 0.6) is 0 Å². The second-order valence-electron chi connectivity index (χ2n) is 8.10. The van der Waals surface area contributed by atoms with Gasteiger partial charge in [0.15, 0.2) is 11.5 Å². The molecule has 1 atom stereocenters. The molecule has 3 aromatic heterocycles. The van der Waals surface area contributed by atoms with Gasteiger partial charge in [-0.2, -0.15) is 28.5 Å². The van der Waals surface area contributed by atoms with E-state index in [0.717, 1.165) is 17.8 Å². The molecule has 0 saturated carbocycles. The van der Waals surface area contributed by atoms with E-state index < -0.39 is 23.8 Å². The van der Waals surface area contributed by atoms with Gasteiger partial charge in [-0.3, -0.25) is 18.8 Å². The van der Waals surface area contributed by atoms with Crippen LogP contribution in [0.3, 0.4) is 0 Å². The Balaban J connectivity index is 1.55. The molecule has 0 unspecified atom stereocenters. The number of hydrogen-bond donors (Lipinski definition) is 1. The van der Waals surface area contributed by atoms with Crippen molar-refractivity contribution in [3.8, 4) is 0 Å². The third-order valence-corrected chi connectivity index (χ3v) is 6.15. The molecule has 0 bridgehead atoms. The average molecular weight is 484 g/mol. The molecule has 1 N–H and O–H groups in total. The van der Waals surface area contributed by atoms with Gasteiger partial charge in [0.05, 0.1) is 12.2 Å². The number of anilines is 1. The lowest BCUT2D eigenvalue weighted by atomic mass is 10.1. The molecule has 3 heterocycles. The first-order valence-corrected chi connectivity index (χ1v) is 11.2. The number of rotatable bonds is 7. The summed E-state index contributed by atoms with van der Waals surface area (Å²) >= 11 is 6.29. The molecule has 4 rings (SSSR count). The number of aromatic nitrogens is 6. The minimum atomic E-state index is -4.56. The first-order chi connectivity index (χ1) is 15.6. The molecule has 1 aliphatic rings. The van der Waals surface area contributed by atoms with Gasteiger partial charge in [-0.1, -0.05) is 18.5 Å². The molecule has 0 spiro atoms. The van der Waals surface area contributed by atoms with Gasteiger partial charge in [-0.05, 0) is 39.5 Å². The van der Waals surface area contributed by atoms with E-state index >= 15 is 0 Å². The second-order valence-corrected chi connectivity index (χ2v) is 8.51. The van der Waals surface area contributed by atoms with Gasteiger partial charge in [-0.25, -0.2) is 0 Å². The summed E-state index contributed by atoms with van der Waals surface area (Å²) in [5.74, 6) is -0.356. The van der Waals surface area contributed by atoms with Crippen molar-refractivity contribution in [2.45, 2.75) is 71.8 Å². The van der Waals surface area contributed by atoms with Crippen molar-refractivity contribution in [3.63, 3.8) is 0 Å². The number of carbonyl (C=O) groups is 1. The van der Waals surface area contributed by atoms with Gasteiger partial charge in [-0.15, -0.1) is 0 Å². The smallest absolute Gasteiger partial charge is 0.306 e. The van der Waals surface area contributed by atoms with Gasteiger partial charge in [0.1, 0.15) is 11.1 Å². The third-order valence-electron chi connectivity index (χ3n) is 5.87. The predicted molar refractivity (Wildman–Crippen MR) is 116 cm³/mol. The zero-order valence-electron chi connectivity index (χ0n) is 18.6. The van der Waals surface area contributed by atoms with Crippen molar-refractivity contribution in [3.05, 3.63) is 45.6 Å². The summed E-state index contributed by atoms with van der Waals surface area (Å²) in [5.41, 5.74) is 1.61. The van der Waals surface area contributed by atoms with Crippen LogP contribution in [-0.2, 0) is 36.9 Å². The van der Waals surface area contributed by atoms with E-state index in [2.05, 4.69) is 20.6 Å². The summed E-state index contributed by atoms with van der Waals surface area (Å²) in [5, 5.41) is 15.5. The molecule has 33 heavy (non-hydrogen) atoms. The fourth-order valence-electron chi connectivity index (χ4n) is 4.23. The molecule has 3 aromatic rings. The van der Waals surface area contributed by atoms with Gasteiger partial charge in [0.2, 0.25) is 5.91 Å². The molecule has 0 fully saturated rings. The molecular formula is C21H25ClF3N7O. The third kappa shape index (κ3) is 4.50. The number of halogens is 4. The highest BCUT2D eigenvalue weighted by Gasteiger charge is 2.41. The van der Waals surface area contributed by atoms with Crippen molar-refractivity contribution in [1.29, 1.82) is 0 Å². The van der Waals surface area contributed by atoms with Gasteiger partial charge in [0, 0.05) is 35.8 Å². The van der Waals surface area contributed by atoms with Crippen LogP contribution in [0.1, 0.15) is 60.9 Å². The molecular weight excluding hydrogens is 459 g/mol. The monoisotopic (exact) mass is 483 g/mol. The number of hydrogen-bond acceptors (Lipinski definition) is 4. The minimum absolute atomic E-state index is 0.153. The first-order valence-electron chi connectivity index (χ1n) is 10.9. The number of nitrogens with zero attached hydrogens (tertiary/aromatic N) is 6. The highest BCUT2D eigenvalue weighted by Crippen LogP contribution is 2.38. The van der Waals surface area contributed by atoms with Gasteiger partial charge in [0.25, 0.3) is 0 Å². The highest BCUT2D eigenvalue weighted by molar-refractivity contribution is 6.33. The standard InChI is InChI=1S/C21H25ClF3N7O/c1-4-16(32-17-8-6-7-14(17)18(28-32)21(23,24)25)20(33)26-19-15(22)11-31(29-19)10-13-9-30(5-2)27-12(13)3/h9,11,16H,4-8,10H2,1-3H3,(H,26,29,33)/t16-/m1/s1. The van der Waals surface area contributed by atoms with Crippen LogP contribution < -0.4 is 5.32 Å². The summed E-state index contributed by atoms with van der Waals surface area (Å²) in [6, 6.07) is -0.904. The number of carbonyl (C=O) groups excluding carboxylic acids is 1. The predicted octanol–water partition coefficient (Wildman–Crippen LogP) is 4.40. The van der Waals surface area contributed by atoms with E-state index in [0.29, 0.717) is 31.5 Å². The fraction of sp³-hybridized carbons (Fsp3) is 0.524. The maximum absolute atomic E-state index is 13.4. The maximum Gasteiger partial charge on any atom is 0.435 e. The number of alkyl halides is 3. The Labute approximate surface area is 193 Å². The minimum Gasteiger partial charge on any atom is -0.306 e. The molecule has 1 amide bonds. The summed E-state index contributed by atoms with van der Waals surface area (Å²) in [6.07, 6.45) is 0.611. The summed E-state index contributed by atoms with van der Waals surface area (Å²) < 4.78 is 45.0. The number of aryl methyl sites for hydroxylation is 2. The Kier molecular flexibility index (Phi) is 6.26. The Morgan fingerprint density at radius 3 is 2.58 bits per heavy atom. The second kappa shape index (κ2) is 8.85. The van der Waals surface area contributed by atoms with Gasteiger partial charge >= 0.3 is 6.18 Å².